The second-order valence-corrected chi connectivity index (χ2v) is 7.06. The Morgan fingerprint density at radius 1 is 1.40 bits per heavy atom. The van der Waals surface area contributed by atoms with E-state index in [2.05, 4.69) is 65.1 Å². The van der Waals surface area contributed by atoms with Crippen LogP contribution in [0, 0.1) is 11.8 Å². The fraction of sp³-hybridized carbons (Fsp3) is 0.647. The summed E-state index contributed by atoms with van der Waals surface area (Å²) in [6.07, 6.45) is 2.51. The summed E-state index contributed by atoms with van der Waals surface area (Å²) in [7, 11) is 0. The minimum atomic E-state index is 0.788. The van der Waals surface area contributed by atoms with Crippen molar-refractivity contribution < 1.29 is 0 Å². The monoisotopic (exact) mass is 338 g/mol. The smallest absolute Gasteiger partial charge is 0.0510 e. The summed E-state index contributed by atoms with van der Waals surface area (Å²) in [6, 6.07) is 6.79. The third-order valence-electron chi connectivity index (χ3n) is 4.28. The molecule has 20 heavy (non-hydrogen) atoms. The average molecular weight is 339 g/mol. The first-order valence-corrected chi connectivity index (χ1v) is 8.65. The van der Waals surface area contributed by atoms with Gasteiger partial charge in [-0.15, -0.1) is 0 Å². The van der Waals surface area contributed by atoms with Crippen molar-refractivity contribution in [3.63, 3.8) is 0 Å². The molecule has 1 aliphatic rings. The Morgan fingerprint density at radius 2 is 2.20 bits per heavy atom. The summed E-state index contributed by atoms with van der Waals surface area (Å²) in [6.45, 7) is 11.3. The zero-order valence-electron chi connectivity index (χ0n) is 13.0. The van der Waals surface area contributed by atoms with E-state index in [1.54, 1.807) is 0 Å². The van der Waals surface area contributed by atoms with Crippen molar-refractivity contribution in [1.82, 2.24) is 5.32 Å². The number of anilines is 1. The van der Waals surface area contributed by atoms with Gasteiger partial charge in [0.15, 0.2) is 0 Å². The van der Waals surface area contributed by atoms with Crippen LogP contribution in [0.2, 0.25) is 0 Å². The summed E-state index contributed by atoms with van der Waals surface area (Å²) in [5.74, 6) is 1.63. The van der Waals surface area contributed by atoms with Gasteiger partial charge in [-0.25, -0.2) is 0 Å². The molecule has 0 radical (unpaired) electrons. The average Bonchev–Trinajstić information content (AvgIpc) is 2.89. The largest absolute Gasteiger partial charge is 0.370 e. The Balaban J connectivity index is 1.99. The second-order valence-electron chi connectivity index (χ2n) is 6.20. The summed E-state index contributed by atoms with van der Waals surface area (Å²) in [4.78, 5) is 2.53. The highest BCUT2D eigenvalue weighted by Crippen LogP contribution is 2.33. The summed E-state index contributed by atoms with van der Waals surface area (Å²) in [5.41, 5.74) is 2.71. The van der Waals surface area contributed by atoms with Crippen LogP contribution in [0.4, 0.5) is 5.69 Å². The van der Waals surface area contributed by atoms with E-state index in [9.17, 15) is 0 Å². The van der Waals surface area contributed by atoms with E-state index >= 15 is 0 Å². The van der Waals surface area contributed by atoms with Gasteiger partial charge in [-0.1, -0.05) is 26.8 Å². The topological polar surface area (TPSA) is 15.3 Å². The van der Waals surface area contributed by atoms with Crippen LogP contribution in [0.3, 0.4) is 0 Å². The van der Waals surface area contributed by atoms with Gasteiger partial charge < -0.3 is 10.2 Å². The maximum Gasteiger partial charge on any atom is 0.0510 e. The number of benzene rings is 1. The molecule has 1 unspecified atom stereocenters. The molecular formula is C17H27BrN2. The number of nitrogens with one attached hydrogen (secondary N) is 1. The van der Waals surface area contributed by atoms with Crippen LogP contribution in [0.15, 0.2) is 22.7 Å². The van der Waals surface area contributed by atoms with Crippen molar-refractivity contribution in [2.24, 2.45) is 11.8 Å². The Hall–Kier alpha value is -0.540. The molecule has 1 atom stereocenters. The van der Waals surface area contributed by atoms with Crippen LogP contribution < -0.4 is 10.2 Å². The van der Waals surface area contributed by atoms with E-state index in [0.717, 1.165) is 24.9 Å². The predicted molar refractivity (Wildman–Crippen MR) is 91.3 cm³/mol. The number of nitrogens with zero attached hydrogens (tertiary/aromatic N) is 1. The molecule has 0 amide bonds. The highest BCUT2D eigenvalue weighted by Gasteiger charge is 2.25. The van der Waals surface area contributed by atoms with E-state index in [0.29, 0.717) is 0 Å². The van der Waals surface area contributed by atoms with Gasteiger partial charge in [0.1, 0.15) is 0 Å². The lowest BCUT2D eigenvalue weighted by Crippen LogP contribution is -2.21. The van der Waals surface area contributed by atoms with Crippen LogP contribution in [0.1, 0.15) is 39.2 Å². The van der Waals surface area contributed by atoms with Crippen LogP contribution in [0.5, 0.6) is 0 Å². The lowest BCUT2D eigenvalue weighted by atomic mass is 9.95. The SMILES string of the molecule is CCCNCc1ccc(N2CCC(C(C)C)C2)c(Br)c1. The molecule has 0 bridgehead atoms. The molecule has 0 aromatic heterocycles. The Kier molecular flexibility index (Phi) is 5.91. The maximum absolute atomic E-state index is 3.75. The first-order chi connectivity index (χ1) is 9.61. The molecule has 1 heterocycles. The molecule has 1 fully saturated rings. The minimum absolute atomic E-state index is 0.788. The van der Waals surface area contributed by atoms with Gasteiger partial charge in [-0.2, -0.15) is 0 Å². The van der Waals surface area contributed by atoms with Crippen molar-refractivity contribution in [3.05, 3.63) is 28.2 Å². The zero-order valence-corrected chi connectivity index (χ0v) is 14.5. The van der Waals surface area contributed by atoms with Gasteiger partial charge in [0.05, 0.1) is 5.69 Å². The van der Waals surface area contributed by atoms with Crippen molar-refractivity contribution >= 4 is 21.6 Å². The van der Waals surface area contributed by atoms with E-state index in [1.165, 1.54) is 41.7 Å². The standard InChI is InChI=1S/C17H27BrN2/c1-4-8-19-11-14-5-6-17(16(18)10-14)20-9-7-15(12-20)13(2)3/h5-6,10,13,15,19H,4,7-9,11-12H2,1-3H3. The van der Waals surface area contributed by atoms with Crippen molar-refractivity contribution in [2.45, 2.75) is 40.2 Å². The number of hydrogen-bond acceptors (Lipinski definition) is 2. The Labute approximate surface area is 132 Å². The minimum Gasteiger partial charge on any atom is -0.370 e. The molecule has 1 aliphatic heterocycles. The van der Waals surface area contributed by atoms with Gasteiger partial charge in [0.2, 0.25) is 0 Å². The van der Waals surface area contributed by atoms with Crippen molar-refractivity contribution in [3.8, 4) is 0 Å². The van der Waals surface area contributed by atoms with Gasteiger partial charge in [-0.05, 0) is 64.8 Å². The van der Waals surface area contributed by atoms with E-state index in [4.69, 9.17) is 0 Å². The van der Waals surface area contributed by atoms with Crippen LogP contribution in [-0.2, 0) is 6.54 Å². The molecular weight excluding hydrogens is 312 g/mol. The second kappa shape index (κ2) is 7.46. The van der Waals surface area contributed by atoms with Gasteiger partial charge in [-0.3, -0.25) is 0 Å². The van der Waals surface area contributed by atoms with Gasteiger partial charge >= 0.3 is 0 Å². The molecule has 2 rings (SSSR count). The van der Waals surface area contributed by atoms with Crippen molar-refractivity contribution in [1.29, 1.82) is 0 Å². The molecule has 1 saturated heterocycles. The zero-order chi connectivity index (χ0) is 14.5. The fourth-order valence-electron chi connectivity index (χ4n) is 2.88. The van der Waals surface area contributed by atoms with Gasteiger partial charge in [0.25, 0.3) is 0 Å². The Bertz CT molecular complexity index is 431. The summed E-state index contributed by atoms with van der Waals surface area (Å²) >= 11 is 3.75. The molecule has 112 valence electrons. The molecule has 0 aliphatic carbocycles. The number of hydrogen-bond donors (Lipinski definition) is 1. The molecule has 3 heteroatoms. The highest BCUT2D eigenvalue weighted by molar-refractivity contribution is 9.10. The van der Waals surface area contributed by atoms with Gasteiger partial charge in [0, 0.05) is 24.1 Å². The normalized spacial score (nSPS) is 19.1. The Morgan fingerprint density at radius 3 is 2.80 bits per heavy atom. The van der Waals surface area contributed by atoms with Crippen LogP contribution in [0.25, 0.3) is 0 Å². The first kappa shape index (κ1) is 15.8. The predicted octanol–water partition coefficient (Wildman–Crippen LogP) is 4.43. The number of halogens is 1. The number of rotatable bonds is 6. The highest BCUT2D eigenvalue weighted by atomic mass is 79.9. The van der Waals surface area contributed by atoms with Crippen LogP contribution >= 0.6 is 15.9 Å². The molecule has 2 nitrogen and oxygen atoms in total. The summed E-state index contributed by atoms with van der Waals surface area (Å²) in [5, 5.41) is 3.46. The van der Waals surface area contributed by atoms with Crippen LogP contribution in [-0.4, -0.2) is 19.6 Å². The fourth-order valence-corrected chi connectivity index (χ4v) is 3.55. The van der Waals surface area contributed by atoms with E-state index < -0.39 is 0 Å². The molecule has 0 spiro atoms. The summed E-state index contributed by atoms with van der Waals surface area (Å²) < 4.78 is 1.23. The molecule has 1 N–H and O–H groups in total. The van der Waals surface area contributed by atoms with E-state index in [-0.39, 0.29) is 0 Å². The van der Waals surface area contributed by atoms with E-state index in [1.807, 2.05) is 0 Å². The lowest BCUT2D eigenvalue weighted by molar-refractivity contribution is 0.423. The van der Waals surface area contributed by atoms with Crippen molar-refractivity contribution in [2.75, 3.05) is 24.5 Å². The molecule has 1 aromatic carbocycles. The third-order valence-corrected chi connectivity index (χ3v) is 4.91. The first-order valence-electron chi connectivity index (χ1n) is 7.86. The quantitative estimate of drug-likeness (QED) is 0.771. The molecule has 0 saturated carbocycles. The maximum atomic E-state index is 3.75. The third kappa shape index (κ3) is 3.98. The molecule has 1 aromatic rings. The lowest BCUT2D eigenvalue weighted by Gasteiger charge is -2.22.